The van der Waals surface area contributed by atoms with Crippen LogP contribution in [0.5, 0.6) is 5.75 Å². The van der Waals surface area contributed by atoms with Gasteiger partial charge in [0.25, 0.3) is 5.91 Å². The maximum Gasteiger partial charge on any atom is 0.256 e. The van der Waals surface area contributed by atoms with Gasteiger partial charge in [-0.1, -0.05) is 13.8 Å². The van der Waals surface area contributed by atoms with Crippen molar-refractivity contribution in [3.8, 4) is 5.75 Å². The molecule has 1 aliphatic rings. The molecule has 0 spiro atoms. The Bertz CT molecular complexity index is 575. The predicted molar refractivity (Wildman–Crippen MR) is 110 cm³/mol. The van der Waals surface area contributed by atoms with E-state index in [1.807, 2.05) is 45.0 Å². The number of nitrogens with one attached hydrogen (secondary N) is 1. The summed E-state index contributed by atoms with van der Waals surface area (Å²) in [6.45, 7) is 12.8. The van der Waals surface area contributed by atoms with Gasteiger partial charge < -0.3 is 19.7 Å². The minimum absolute atomic E-state index is 0.115. The van der Waals surface area contributed by atoms with E-state index in [4.69, 9.17) is 9.47 Å². The second kappa shape index (κ2) is 10.7. The Hall–Kier alpha value is -1.59. The molecule has 152 valence electrons. The normalized spacial score (nSPS) is 20.1. The molecular formula is C22H36N2O3. The molecule has 5 heteroatoms. The fraction of sp³-hybridized carbons (Fsp3) is 0.682. The molecule has 1 aliphatic heterocycles. The Morgan fingerprint density at radius 3 is 2.67 bits per heavy atom. The Labute approximate surface area is 164 Å². The smallest absolute Gasteiger partial charge is 0.256 e. The van der Waals surface area contributed by atoms with Crippen molar-refractivity contribution in [2.75, 3.05) is 38.2 Å². The number of piperidine rings is 1. The second-order valence-corrected chi connectivity index (χ2v) is 7.75. The lowest BCUT2D eigenvalue weighted by Gasteiger charge is -2.30. The Kier molecular flexibility index (Phi) is 8.58. The highest BCUT2D eigenvalue weighted by Crippen LogP contribution is 2.21. The maximum atomic E-state index is 12.5. The number of carbonyl (C=O) groups is 1. The van der Waals surface area contributed by atoms with Crippen LogP contribution in [0.1, 0.15) is 53.4 Å². The number of ether oxygens (including phenoxy) is 2. The van der Waals surface area contributed by atoms with E-state index < -0.39 is 5.60 Å². The third-order valence-corrected chi connectivity index (χ3v) is 5.36. The highest BCUT2D eigenvalue weighted by atomic mass is 16.5. The van der Waals surface area contributed by atoms with Crippen LogP contribution < -0.4 is 10.1 Å². The van der Waals surface area contributed by atoms with Crippen LogP contribution in [0, 0.1) is 5.92 Å². The SMILES string of the molecule is CCO[C@@](C)(CC)C(=O)Nc1ccc(OCCCN2CCC[C@H](C)C2)cc1. The molecule has 2 rings (SSSR count). The molecule has 0 aromatic heterocycles. The topological polar surface area (TPSA) is 50.8 Å². The number of anilines is 1. The van der Waals surface area contributed by atoms with Gasteiger partial charge in [-0.2, -0.15) is 0 Å². The number of amides is 1. The maximum absolute atomic E-state index is 12.5. The van der Waals surface area contributed by atoms with Crippen LogP contribution in [0.4, 0.5) is 5.69 Å². The number of nitrogens with zero attached hydrogens (tertiary/aromatic N) is 1. The van der Waals surface area contributed by atoms with Crippen molar-refractivity contribution in [3.05, 3.63) is 24.3 Å². The van der Waals surface area contributed by atoms with Crippen LogP contribution >= 0.6 is 0 Å². The summed E-state index contributed by atoms with van der Waals surface area (Å²) in [6, 6.07) is 7.56. The second-order valence-electron chi connectivity index (χ2n) is 7.75. The van der Waals surface area contributed by atoms with Crippen molar-refractivity contribution in [1.82, 2.24) is 4.90 Å². The summed E-state index contributed by atoms with van der Waals surface area (Å²) in [7, 11) is 0. The molecule has 2 atom stereocenters. The van der Waals surface area contributed by atoms with Crippen LogP contribution in [0.2, 0.25) is 0 Å². The molecule has 1 heterocycles. The molecule has 5 nitrogen and oxygen atoms in total. The van der Waals surface area contributed by atoms with Crippen molar-refractivity contribution < 1.29 is 14.3 Å². The Morgan fingerprint density at radius 2 is 2.04 bits per heavy atom. The van der Waals surface area contributed by atoms with Crippen molar-refractivity contribution in [1.29, 1.82) is 0 Å². The van der Waals surface area contributed by atoms with Gasteiger partial charge in [-0.15, -0.1) is 0 Å². The highest BCUT2D eigenvalue weighted by Gasteiger charge is 2.31. The average molecular weight is 377 g/mol. The third-order valence-electron chi connectivity index (χ3n) is 5.36. The van der Waals surface area contributed by atoms with E-state index in [0.717, 1.165) is 36.9 Å². The zero-order chi connectivity index (χ0) is 19.7. The summed E-state index contributed by atoms with van der Waals surface area (Å²) < 4.78 is 11.5. The van der Waals surface area contributed by atoms with Crippen molar-refractivity contribution >= 4 is 11.6 Å². The Balaban J connectivity index is 1.74. The van der Waals surface area contributed by atoms with Crippen LogP contribution in [0.15, 0.2) is 24.3 Å². The molecule has 1 N–H and O–H groups in total. The standard InChI is InChI=1S/C22H36N2O3/c1-5-22(4,27-6-2)21(25)23-19-10-12-20(13-11-19)26-16-8-15-24-14-7-9-18(3)17-24/h10-13,18H,5-9,14-17H2,1-4H3,(H,23,25)/t18-,22-/m0/s1. The first-order valence-corrected chi connectivity index (χ1v) is 10.4. The van der Waals surface area contributed by atoms with Crippen LogP contribution in [0.3, 0.4) is 0 Å². The van der Waals surface area contributed by atoms with Gasteiger partial charge in [0.15, 0.2) is 0 Å². The first kappa shape index (κ1) is 21.7. The summed E-state index contributed by atoms with van der Waals surface area (Å²) in [5, 5.41) is 2.93. The molecule has 1 amide bonds. The molecule has 27 heavy (non-hydrogen) atoms. The van der Waals surface area contributed by atoms with E-state index in [0.29, 0.717) is 13.0 Å². The fourth-order valence-corrected chi connectivity index (χ4v) is 3.51. The minimum atomic E-state index is -0.796. The van der Waals surface area contributed by atoms with E-state index >= 15 is 0 Å². The van der Waals surface area contributed by atoms with Gasteiger partial charge in [-0.3, -0.25) is 4.79 Å². The molecule has 0 radical (unpaired) electrons. The molecule has 1 fully saturated rings. The summed E-state index contributed by atoms with van der Waals surface area (Å²) in [6.07, 6.45) is 4.34. The van der Waals surface area contributed by atoms with E-state index in [-0.39, 0.29) is 5.91 Å². The minimum Gasteiger partial charge on any atom is -0.494 e. The fourth-order valence-electron chi connectivity index (χ4n) is 3.51. The first-order chi connectivity index (χ1) is 13.0. The molecule has 0 saturated carbocycles. The number of hydrogen-bond donors (Lipinski definition) is 1. The summed E-state index contributed by atoms with van der Waals surface area (Å²) in [5.74, 6) is 1.54. The quantitative estimate of drug-likeness (QED) is 0.618. The van der Waals surface area contributed by atoms with E-state index in [9.17, 15) is 4.79 Å². The average Bonchev–Trinajstić information content (AvgIpc) is 2.66. The summed E-state index contributed by atoms with van der Waals surface area (Å²) >= 11 is 0. The van der Waals surface area contributed by atoms with Gasteiger partial charge in [0, 0.05) is 25.4 Å². The number of likely N-dealkylation sites (tertiary alicyclic amines) is 1. The lowest BCUT2D eigenvalue weighted by molar-refractivity contribution is -0.139. The molecule has 0 aliphatic carbocycles. The number of benzene rings is 1. The van der Waals surface area contributed by atoms with Crippen molar-refractivity contribution in [2.45, 2.75) is 59.0 Å². The third kappa shape index (κ3) is 6.82. The van der Waals surface area contributed by atoms with Crippen LogP contribution in [0.25, 0.3) is 0 Å². The first-order valence-electron chi connectivity index (χ1n) is 10.4. The number of rotatable bonds is 10. The molecule has 0 bridgehead atoms. The van der Waals surface area contributed by atoms with Gasteiger partial charge in [0.2, 0.25) is 0 Å². The van der Waals surface area contributed by atoms with Gasteiger partial charge >= 0.3 is 0 Å². The zero-order valence-corrected chi connectivity index (χ0v) is 17.4. The lowest BCUT2D eigenvalue weighted by atomic mass is 10.0. The van der Waals surface area contributed by atoms with E-state index in [2.05, 4.69) is 17.1 Å². The largest absolute Gasteiger partial charge is 0.494 e. The van der Waals surface area contributed by atoms with Gasteiger partial charge in [-0.05, 0) is 76.3 Å². The monoisotopic (exact) mass is 376 g/mol. The molecule has 1 aromatic rings. The Morgan fingerprint density at radius 1 is 1.30 bits per heavy atom. The lowest BCUT2D eigenvalue weighted by Crippen LogP contribution is -2.42. The summed E-state index contributed by atoms with van der Waals surface area (Å²) in [4.78, 5) is 15.0. The zero-order valence-electron chi connectivity index (χ0n) is 17.4. The van der Waals surface area contributed by atoms with E-state index in [1.165, 1.54) is 25.9 Å². The van der Waals surface area contributed by atoms with Gasteiger partial charge in [-0.25, -0.2) is 0 Å². The molecule has 0 unspecified atom stereocenters. The van der Waals surface area contributed by atoms with E-state index in [1.54, 1.807) is 0 Å². The molecule has 1 saturated heterocycles. The highest BCUT2D eigenvalue weighted by molar-refractivity contribution is 5.97. The van der Waals surface area contributed by atoms with Crippen molar-refractivity contribution in [3.63, 3.8) is 0 Å². The van der Waals surface area contributed by atoms with Crippen molar-refractivity contribution in [2.24, 2.45) is 5.92 Å². The van der Waals surface area contributed by atoms with Crippen LogP contribution in [-0.2, 0) is 9.53 Å². The number of carbonyl (C=O) groups excluding carboxylic acids is 1. The summed E-state index contributed by atoms with van der Waals surface area (Å²) in [5.41, 5.74) is -0.0374. The predicted octanol–water partition coefficient (Wildman–Crippen LogP) is 4.33. The number of hydrogen-bond acceptors (Lipinski definition) is 4. The molecule has 1 aromatic carbocycles. The van der Waals surface area contributed by atoms with Gasteiger partial charge in [0.1, 0.15) is 11.4 Å². The van der Waals surface area contributed by atoms with Gasteiger partial charge in [0.05, 0.1) is 6.61 Å². The molecular weight excluding hydrogens is 340 g/mol. The van der Waals surface area contributed by atoms with Crippen LogP contribution in [-0.4, -0.2) is 49.3 Å².